The molecular weight excluding hydrogens is 358 g/mol. The van der Waals surface area contributed by atoms with Crippen molar-refractivity contribution in [3.8, 4) is 0 Å². The first-order valence-corrected chi connectivity index (χ1v) is 8.76. The monoisotopic (exact) mass is 377 g/mol. The van der Waals surface area contributed by atoms with Crippen LogP contribution >= 0.6 is 11.3 Å². The Morgan fingerprint density at radius 3 is 2.62 bits per heavy atom. The second-order valence-electron chi connectivity index (χ2n) is 5.40. The van der Waals surface area contributed by atoms with E-state index in [0.29, 0.717) is 17.0 Å². The molecule has 8 nitrogen and oxygen atoms in total. The highest BCUT2D eigenvalue weighted by Gasteiger charge is 2.24. The van der Waals surface area contributed by atoms with Gasteiger partial charge in [-0.25, -0.2) is 4.79 Å². The lowest BCUT2D eigenvalue weighted by Crippen LogP contribution is -2.15. The minimum atomic E-state index is -0.652. The number of nitrogen functional groups attached to an aromatic ring is 1. The van der Waals surface area contributed by atoms with E-state index in [9.17, 15) is 19.7 Å². The summed E-state index contributed by atoms with van der Waals surface area (Å²) in [6, 6.07) is 3.80. The fraction of sp³-hybridized carbons (Fsp3) is 0.294. The summed E-state index contributed by atoms with van der Waals surface area (Å²) in [6.45, 7) is 5.69. The van der Waals surface area contributed by atoms with Crippen LogP contribution in [0.3, 0.4) is 0 Å². The molecule has 2 aromatic rings. The van der Waals surface area contributed by atoms with Crippen molar-refractivity contribution >= 4 is 39.6 Å². The van der Waals surface area contributed by atoms with Crippen LogP contribution in [0.1, 0.15) is 45.0 Å². The van der Waals surface area contributed by atoms with E-state index < -0.39 is 16.8 Å². The van der Waals surface area contributed by atoms with Crippen molar-refractivity contribution in [3.05, 3.63) is 49.9 Å². The Hall–Kier alpha value is -2.94. The highest BCUT2D eigenvalue weighted by molar-refractivity contribution is 7.16. The lowest BCUT2D eigenvalue weighted by Gasteiger charge is -2.08. The summed E-state index contributed by atoms with van der Waals surface area (Å²) in [5.41, 5.74) is 6.39. The van der Waals surface area contributed by atoms with Gasteiger partial charge in [-0.1, -0.05) is 6.92 Å². The van der Waals surface area contributed by atoms with Crippen LogP contribution in [0.2, 0.25) is 0 Å². The fourth-order valence-corrected chi connectivity index (χ4v) is 3.66. The van der Waals surface area contributed by atoms with Crippen LogP contribution in [0.15, 0.2) is 18.2 Å². The molecule has 1 amide bonds. The van der Waals surface area contributed by atoms with Crippen LogP contribution in [0, 0.1) is 17.0 Å². The van der Waals surface area contributed by atoms with Crippen molar-refractivity contribution in [3.63, 3.8) is 0 Å². The Bertz CT molecular complexity index is 876. The average Bonchev–Trinajstić information content (AvgIpc) is 2.90. The summed E-state index contributed by atoms with van der Waals surface area (Å²) in [6.07, 6.45) is 0.611. The van der Waals surface area contributed by atoms with Crippen LogP contribution < -0.4 is 11.1 Å². The predicted octanol–water partition coefficient (Wildman–Crippen LogP) is 3.54. The molecule has 0 saturated carbocycles. The van der Waals surface area contributed by atoms with Crippen molar-refractivity contribution in [2.24, 2.45) is 0 Å². The molecule has 0 atom stereocenters. The molecule has 0 aliphatic rings. The highest BCUT2D eigenvalue weighted by Crippen LogP contribution is 2.34. The zero-order chi connectivity index (χ0) is 19.4. The van der Waals surface area contributed by atoms with Crippen LogP contribution in [0.25, 0.3) is 0 Å². The summed E-state index contributed by atoms with van der Waals surface area (Å²) in [5.74, 6) is -1.07. The Morgan fingerprint density at radius 2 is 2.04 bits per heavy atom. The normalized spacial score (nSPS) is 10.4. The van der Waals surface area contributed by atoms with Gasteiger partial charge in [-0.05, 0) is 38.0 Å². The number of nitrogens with zero attached hydrogens (tertiary/aromatic N) is 1. The van der Waals surface area contributed by atoms with E-state index in [2.05, 4.69) is 5.32 Å². The maximum absolute atomic E-state index is 12.5. The molecule has 3 N–H and O–H groups in total. The van der Waals surface area contributed by atoms with Gasteiger partial charge in [0, 0.05) is 16.5 Å². The van der Waals surface area contributed by atoms with E-state index in [0.717, 1.165) is 16.5 Å². The lowest BCUT2D eigenvalue weighted by atomic mass is 10.1. The molecule has 0 aliphatic carbocycles. The molecule has 1 aromatic heterocycles. The number of rotatable bonds is 6. The number of amides is 1. The SMILES string of the molecule is CCOC(=O)c1c(NC(=O)c2ccc(N)c([N+](=O)[O-])c2)sc(C)c1CC. The highest BCUT2D eigenvalue weighted by atomic mass is 32.1. The first-order valence-electron chi connectivity index (χ1n) is 7.94. The van der Waals surface area contributed by atoms with Crippen LogP contribution in [-0.4, -0.2) is 23.4 Å². The quantitative estimate of drug-likeness (QED) is 0.343. The Morgan fingerprint density at radius 1 is 1.35 bits per heavy atom. The van der Waals surface area contributed by atoms with Crippen molar-refractivity contribution < 1.29 is 19.2 Å². The van der Waals surface area contributed by atoms with E-state index >= 15 is 0 Å². The second kappa shape index (κ2) is 7.96. The van der Waals surface area contributed by atoms with Gasteiger partial charge >= 0.3 is 5.97 Å². The van der Waals surface area contributed by atoms with Crippen molar-refractivity contribution in [2.75, 3.05) is 17.7 Å². The number of nitro groups is 1. The zero-order valence-electron chi connectivity index (χ0n) is 14.6. The number of benzene rings is 1. The van der Waals surface area contributed by atoms with Gasteiger partial charge in [-0.3, -0.25) is 14.9 Å². The van der Waals surface area contributed by atoms with Crippen LogP contribution in [0.5, 0.6) is 0 Å². The Balaban J connectivity index is 2.39. The third-order valence-electron chi connectivity index (χ3n) is 3.76. The van der Waals surface area contributed by atoms with E-state index in [1.165, 1.54) is 23.5 Å². The number of ether oxygens (including phenoxy) is 1. The molecule has 0 radical (unpaired) electrons. The number of carbonyl (C=O) groups is 2. The molecule has 2 rings (SSSR count). The number of aryl methyl sites for hydroxylation is 1. The maximum atomic E-state index is 12.5. The molecule has 0 aliphatic heterocycles. The molecule has 0 saturated heterocycles. The second-order valence-corrected chi connectivity index (χ2v) is 6.62. The van der Waals surface area contributed by atoms with Crippen molar-refractivity contribution in [2.45, 2.75) is 27.2 Å². The number of nitro benzene ring substituents is 1. The molecule has 0 bridgehead atoms. The molecule has 1 heterocycles. The number of nitrogens with two attached hydrogens (primary N) is 1. The number of thiophene rings is 1. The Kier molecular flexibility index (Phi) is 5.93. The number of anilines is 2. The maximum Gasteiger partial charge on any atom is 0.341 e. The molecule has 26 heavy (non-hydrogen) atoms. The van der Waals surface area contributed by atoms with Gasteiger partial charge < -0.3 is 15.8 Å². The first kappa shape index (κ1) is 19.4. The molecular formula is C17H19N3O5S. The van der Waals surface area contributed by atoms with Crippen molar-refractivity contribution in [1.82, 2.24) is 0 Å². The smallest absolute Gasteiger partial charge is 0.341 e. The summed E-state index contributed by atoms with van der Waals surface area (Å²) < 4.78 is 5.09. The first-order chi connectivity index (χ1) is 12.3. The standard InChI is InChI=1S/C17H19N3O5S/c1-4-11-9(3)26-16(14(11)17(22)25-5-2)19-15(21)10-6-7-12(18)13(8-10)20(23)24/h6-8H,4-5,18H2,1-3H3,(H,19,21). The van der Waals surface area contributed by atoms with Gasteiger partial charge in [0.05, 0.1) is 17.1 Å². The van der Waals surface area contributed by atoms with E-state index in [-0.39, 0.29) is 23.5 Å². The van der Waals surface area contributed by atoms with E-state index in [1.807, 2.05) is 13.8 Å². The molecule has 0 spiro atoms. The third-order valence-corrected chi connectivity index (χ3v) is 4.82. The average molecular weight is 377 g/mol. The van der Waals surface area contributed by atoms with Gasteiger partial charge in [0.15, 0.2) is 0 Å². The van der Waals surface area contributed by atoms with Gasteiger partial charge in [0.1, 0.15) is 10.7 Å². The number of carbonyl (C=O) groups excluding carboxylic acids is 2. The number of nitrogens with one attached hydrogen (secondary N) is 1. The predicted molar refractivity (Wildman–Crippen MR) is 99.9 cm³/mol. The number of hydrogen-bond donors (Lipinski definition) is 2. The van der Waals surface area contributed by atoms with E-state index in [1.54, 1.807) is 6.92 Å². The Labute approximate surface area is 154 Å². The molecule has 0 fully saturated rings. The largest absolute Gasteiger partial charge is 0.462 e. The minimum Gasteiger partial charge on any atom is -0.462 e. The van der Waals surface area contributed by atoms with Gasteiger partial charge in [-0.15, -0.1) is 11.3 Å². The van der Waals surface area contributed by atoms with E-state index in [4.69, 9.17) is 10.5 Å². The summed E-state index contributed by atoms with van der Waals surface area (Å²) in [4.78, 5) is 36.1. The minimum absolute atomic E-state index is 0.0287. The molecule has 0 unspecified atom stereocenters. The van der Waals surface area contributed by atoms with Gasteiger partial charge in [0.25, 0.3) is 11.6 Å². The molecule has 1 aromatic carbocycles. The topological polar surface area (TPSA) is 125 Å². The summed E-state index contributed by atoms with van der Waals surface area (Å²) in [7, 11) is 0. The van der Waals surface area contributed by atoms with Gasteiger partial charge in [0.2, 0.25) is 0 Å². The lowest BCUT2D eigenvalue weighted by molar-refractivity contribution is -0.383. The number of hydrogen-bond acceptors (Lipinski definition) is 7. The van der Waals surface area contributed by atoms with Crippen LogP contribution in [-0.2, 0) is 11.2 Å². The summed E-state index contributed by atoms with van der Waals surface area (Å²) >= 11 is 1.27. The van der Waals surface area contributed by atoms with Gasteiger partial charge in [-0.2, -0.15) is 0 Å². The zero-order valence-corrected chi connectivity index (χ0v) is 15.4. The van der Waals surface area contributed by atoms with Crippen molar-refractivity contribution in [1.29, 1.82) is 0 Å². The number of esters is 1. The molecule has 138 valence electrons. The third kappa shape index (κ3) is 3.83. The molecule has 9 heteroatoms. The fourth-order valence-electron chi connectivity index (χ4n) is 2.53. The van der Waals surface area contributed by atoms with Crippen LogP contribution in [0.4, 0.5) is 16.4 Å². The summed E-state index contributed by atoms with van der Waals surface area (Å²) in [5, 5.41) is 14.0.